The van der Waals surface area contributed by atoms with Gasteiger partial charge in [-0.3, -0.25) is 0 Å². The molecular formula is C23H26Cl2N4. The third-order valence-electron chi connectivity index (χ3n) is 7.07. The van der Waals surface area contributed by atoms with Gasteiger partial charge >= 0.3 is 0 Å². The van der Waals surface area contributed by atoms with Crippen LogP contribution in [-0.4, -0.2) is 19.5 Å². The Morgan fingerprint density at radius 2 is 1.72 bits per heavy atom. The van der Waals surface area contributed by atoms with Gasteiger partial charge in [0.1, 0.15) is 11.3 Å². The van der Waals surface area contributed by atoms with Crippen LogP contribution >= 0.6 is 23.2 Å². The van der Waals surface area contributed by atoms with Gasteiger partial charge in [-0.25, -0.2) is 9.97 Å². The second-order valence-electron chi connectivity index (χ2n) is 8.93. The van der Waals surface area contributed by atoms with Crippen molar-refractivity contribution < 1.29 is 0 Å². The summed E-state index contributed by atoms with van der Waals surface area (Å²) in [7, 11) is 0. The third-order valence-corrected chi connectivity index (χ3v) is 7.50. The van der Waals surface area contributed by atoms with E-state index in [0.717, 1.165) is 36.6 Å². The minimum atomic E-state index is -0.0697. The van der Waals surface area contributed by atoms with Crippen LogP contribution in [0.3, 0.4) is 0 Å². The zero-order valence-electron chi connectivity index (χ0n) is 16.7. The molecule has 152 valence electrons. The summed E-state index contributed by atoms with van der Waals surface area (Å²) in [6, 6.07) is 10.8. The molecule has 6 heteroatoms. The predicted molar refractivity (Wildman–Crippen MR) is 118 cm³/mol. The Kier molecular flexibility index (Phi) is 5.03. The molecule has 0 unspecified atom stereocenters. The van der Waals surface area contributed by atoms with E-state index < -0.39 is 0 Å². The topological polar surface area (TPSA) is 43.6 Å². The van der Waals surface area contributed by atoms with E-state index >= 15 is 0 Å². The molecule has 0 saturated heterocycles. The lowest BCUT2D eigenvalue weighted by atomic mass is 9.63. The molecule has 1 aromatic carbocycles. The Labute approximate surface area is 181 Å². The average molecular weight is 429 g/mol. The van der Waals surface area contributed by atoms with Gasteiger partial charge in [0.25, 0.3) is 0 Å². The minimum Gasteiger partial charge on any atom is -0.323 e. The van der Waals surface area contributed by atoms with E-state index in [2.05, 4.69) is 51.8 Å². The first-order valence-corrected chi connectivity index (χ1v) is 11.5. The highest BCUT2D eigenvalue weighted by Crippen LogP contribution is 2.49. The standard InChI is InChI=1S/C23H26Cl2N4/c1-15-8-10-16(11-9-15)14-29-18-19(24)26-22(25)28-20(18)27-21(29)23(12-5-13-23)17-6-3-2-4-7-17/h2-4,6-7,15-16H,5,8-14H2,1H3. The molecule has 0 amide bonds. The normalized spacial score (nSPS) is 23.8. The van der Waals surface area contributed by atoms with E-state index in [-0.39, 0.29) is 10.7 Å². The summed E-state index contributed by atoms with van der Waals surface area (Å²) < 4.78 is 2.33. The highest BCUT2D eigenvalue weighted by Gasteiger charge is 2.45. The zero-order chi connectivity index (χ0) is 20.0. The highest BCUT2D eigenvalue weighted by atomic mass is 35.5. The van der Waals surface area contributed by atoms with Crippen molar-refractivity contribution in [2.75, 3.05) is 0 Å². The van der Waals surface area contributed by atoms with Crippen molar-refractivity contribution in [2.45, 2.75) is 63.8 Å². The molecule has 0 aliphatic heterocycles. The lowest BCUT2D eigenvalue weighted by Gasteiger charge is -2.42. The summed E-state index contributed by atoms with van der Waals surface area (Å²) in [5, 5.41) is 0.568. The number of imidazole rings is 1. The molecule has 0 N–H and O–H groups in total. The fraction of sp³-hybridized carbons (Fsp3) is 0.522. The first-order chi connectivity index (χ1) is 14.1. The SMILES string of the molecule is CC1CCC(Cn2c(C3(c4ccccc4)CCC3)nc3nc(Cl)nc(Cl)c32)CC1. The molecule has 4 nitrogen and oxygen atoms in total. The maximum Gasteiger partial charge on any atom is 0.225 e. The van der Waals surface area contributed by atoms with Crippen LogP contribution in [0.15, 0.2) is 30.3 Å². The molecule has 2 heterocycles. The Morgan fingerprint density at radius 3 is 2.38 bits per heavy atom. The Hall–Kier alpha value is -1.65. The van der Waals surface area contributed by atoms with Crippen molar-refractivity contribution in [1.29, 1.82) is 0 Å². The van der Waals surface area contributed by atoms with Gasteiger partial charge in [0.15, 0.2) is 10.8 Å². The van der Waals surface area contributed by atoms with E-state index in [1.54, 1.807) is 0 Å². The lowest BCUT2D eigenvalue weighted by molar-refractivity contribution is 0.242. The van der Waals surface area contributed by atoms with E-state index in [4.69, 9.17) is 28.2 Å². The summed E-state index contributed by atoms with van der Waals surface area (Å²) in [5.41, 5.74) is 2.72. The van der Waals surface area contributed by atoms with Gasteiger partial charge in [0, 0.05) is 6.54 Å². The number of aromatic nitrogens is 4. The molecule has 2 aliphatic carbocycles. The summed E-state index contributed by atoms with van der Waals surface area (Å²) >= 11 is 12.7. The van der Waals surface area contributed by atoms with Crippen LogP contribution in [0.5, 0.6) is 0 Å². The summed E-state index contributed by atoms with van der Waals surface area (Å²) in [5.74, 6) is 2.56. The van der Waals surface area contributed by atoms with Crippen molar-refractivity contribution in [2.24, 2.45) is 11.8 Å². The second kappa shape index (κ2) is 7.55. The quantitative estimate of drug-likeness (QED) is 0.355. The molecule has 2 aliphatic rings. The number of benzene rings is 1. The van der Waals surface area contributed by atoms with Crippen LogP contribution in [0.2, 0.25) is 10.4 Å². The maximum absolute atomic E-state index is 6.58. The van der Waals surface area contributed by atoms with Gasteiger partial charge in [-0.2, -0.15) is 4.98 Å². The van der Waals surface area contributed by atoms with Crippen LogP contribution in [0.25, 0.3) is 11.2 Å². The fourth-order valence-corrected chi connectivity index (χ4v) is 5.68. The van der Waals surface area contributed by atoms with Crippen molar-refractivity contribution in [3.8, 4) is 0 Å². The average Bonchev–Trinajstić information content (AvgIpc) is 3.02. The monoisotopic (exact) mass is 428 g/mol. The summed E-state index contributed by atoms with van der Waals surface area (Å²) in [6.45, 7) is 3.29. The van der Waals surface area contributed by atoms with Gasteiger partial charge in [-0.1, -0.05) is 68.1 Å². The number of hydrogen-bond donors (Lipinski definition) is 0. The molecular weight excluding hydrogens is 403 g/mol. The van der Waals surface area contributed by atoms with Gasteiger partial charge in [-0.15, -0.1) is 0 Å². The molecule has 2 fully saturated rings. The van der Waals surface area contributed by atoms with E-state index in [0.29, 0.717) is 16.7 Å². The molecule has 29 heavy (non-hydrogen) atoms. The Morgan fingerprint density at radius 1 is 1.00 bits per heavy atom. The van der Waals surface area contributed by atoms with E-state index in [1.165, 1.54) is 37.7 Å². The molecule has 0 bridgehead atoms. The van der Waals surface area contributed by atoms with Crippen LogP contribution in [0.4, 0.5) is 0 Å². The smallest absolute Gasteiger partial charge is 0.225 e. The van der Waals surface area contributed by atoms with Crippen LogP contribution in [0.1, 0.15) is 63.3 Å². The molecule has 0 spiro atoms. The van der Waals surface area contributed by atoms with Gasteiger partial charge in [0.05, 0.1) is 5.41 Å². The largest absolute Gasteiger partial charge is 0.323 e. The molecule has 0 radical (unpaired) electrons. The van der Waals surface area contributed by atoms with Crippen LogP contribution < -0.4 is 0 Å². The number of nitrogens with zero attached hydrogens (tertiary/aromatic N) is 4. The van der Waals surface area contributed by atoms with Crippen molar-refractivity contribution in [3.05, 3.63) is 52.2 Å². The third kappa shape index (κ3) is 3.34. The van der Waals surface area contributed by atoms with Gasteiger partial charge < -0.3 is 4.57 Å². The van der Waals surface area contributed by atoms with Gasteiger partial charge in [-0.05, 0) is 54.7 Å². The predicted octanol–water partition coefficient (Wildman–Crippen LogP) is 6.43. The number of rotatable bonds is 4. The first-order valence-electron chi connectivity index (χ1n) is 10.7. The Bertz CT molecular complexity index is 1020. The second-order valence-corrected chi connectivity index (χ2v) is 9.63. The van der Waals surface area contributed by atoms with E-state index in [1.807, 2.05) is 0 Å². The van der Waals surface area contributed by atoms with Gasteiger partial charge in [0.2, 0.25) is 5.28 Å². The van der Waals surface area contributed by atoms with Crippen LogP contribution in [-0.2, 0) is 12.0 Å². The Balaban J connectivity index is 1.65. The zero-order valence-corrected chi connectivity index (χ0v) is 18.3. The first kappa shape index (κ1) is 19.3. The van der Waals surface area contributed by atoms with Crippen molar-refractivity contribution in [3.63, 3.8) is 0 Å². The molecule has 2 aromatic heterocycles. The molecule has 0 atom stereocenters. The number of halogens is 2. The van der Waals surface area contributed by atoms with Crippen LogP contribution in [0, 0.1) is 11.8 Å². The molecule has 2 saturated carbocycles. The fourth-order valence-electron chi connectivity index (χ4n) is 5.21. The molecule has 5 rings (SSSR count). The summed E-state index contributed by atoms with van der Waals surface area (Å²) in [6.07, 6.45) is 8.51. The summed E-state index contributed by atoms with van der Waals surface area (Å²) in [4.78, 5) is 13.7. The maximum atomic E-state index is 6.58. The van der Waals surface area contributed by atoms with Crippen molar-refractivity contribution in [1.82, 2.24) is 19.5 Å². The lowest BCUT2D eigenvalue weighted by Crippen LogP contribution is -2.39. The number of hydrogen-bond acceptors (Lipinski definition) is 3. The van der Waals surface area contributed by atoms with Crippen molar-refractivity contribution >= 4 is 34.4 Å². The number of fused-ring (bicyclic) bond motifs is 1. The van der Waals surface area contributed by atoms with E-state index in [9.17, 15) is 0 Å². The highest BCUT2D eigenvalue weighted by molar-refractivity contribution is 6.35. The minimum absolute atomic E-state index is 0.0697. The molecule has 3 aromatic rings.